The maximum Gasteiger partial charge on any atom is 0.311 e. The molecule has 0 N–H and O–H groups in total. The number of aryl methyl sites for hydroxylation is 1. The molecule has 0 amide bonds. The fraction of sp³-hybridized carbons (Fsp3) is 0.600. The van der Waals surface area contributed by atoms with E-state index in [9.17, 15) is 10.1 Å². The highest BCUT2D eigenvalue weighted by molar-refractivity contribution is 5.53. The summed E-state index contributed by atoms with van der Waals surface area (Å²) in [5.41, 5.74) is 2.34. The Bertz CT molecular complexity index is 541. The predicted octanol–water partition coefficient (Wildman–Crippen LogP) is 1.79. The van der Waals surface area contributed by atoms with Crippen LogP contribution in [0, 0.1) is 10.1 Å². The molecule has 0 spiro atoms. The molecule has 6 heteroatoms. The molecule has 1 aliphatic carbocycles. The Labute approximate surface area is 123 Å². The smallest absolute Gasteiger partial charge is 0.311 e. The number of hydrogen-bond acceptors (Lipinski definition) is 5. The SMILES string of the molecule is COc1cc2c(cc1[N+](=O)[O-])CCC(N1CCOCC1)C2. The number of fused-ring (bicyclic) bond motifs is 1. The average Bonchev–Trinajstić information content (AvgIpc) is 2.53. The van der Waals surface area contributed by atoms with Crippen LogP contribution in [0.15, 0.2) is 12.1 Å². The fourth-order valence-corrected chi connectivity index (χ4v) is 3.31. The number of hydrogen-bond donors (Lipinski definition) is 0. The highest BCUT2D eigenvalue weighted by atomic mass is 16.6. The molecule has 1 aromatic carbocycles. The van der Waals surface area contributed by atoms with Crippen molar-refractivity contribution in [3.05, 3.63) is 33.4 Å². The lowest BCUT2D eigenvalue weighted by molar-refractivity contribution is -0.385. The zero-order valence-corrected chi connectivity index (χ0v) is 12.2. The monoisotopic (exact) mass is 292 g/mol. The van der Waals surface area contributed by atoms with E-state index in [0.717, 1.165) is 51.1 Å². The summed E-state index contributed by atoms with van der Waals surface area (Å²) in [7, 11) is 1.48. The summed E-state index contributed by atoms with van der Waals surface area (Å²) in [4.78, 5) is 13.2. The molecule has 1 aliphatic heterocycles. The normalized spacial score (nSPS) is 22.6. The van der Waals surface area contributed by atoms with Crippen molar-refractivity contribution in [2.45, 2.75) is 25.3 Å². The average molecular weight is 292 g/mol. The third-order valence-corrected chi connectivity index (χ3v) is 4.46. The van der Waals surface area contributed by atoms with Crippen LogP contribution in [0.25, 0.3) is 0 Å². The first kappa shape index (κ1) is 14.3. The lowest BCUT2D eigenvalue weighted by atomic mass is 9.86. The maximum atomic E-state index is 11.1. The predicted molar refractivity (Wildman–Crippen MR) is 77.9 cm³/mol. The summed E-state index contributed by atoms with van der Waals surface area (Å²) in [6.45, 7) is 3.55. The number of benzene rings is 1. The summed E-state index contributed by atoms with van der Waals surface area (Å²) in [6.07, 6.45) is 2.88. The maximum absolute atomic E-state index is 11.1. The third-order valence-electron chi connectivity index (χ3n) is 4.46. The van der Waals surface area contributed by atoms with E-state index in [-0.39, 0.29) is 10.6 Å². The van der Waals surface area contributed by atoms with Crippen LogP contribution in [-0.2, 0) is 17.6 Å². The van der Waals surface area contributed by atoms with Crippen LogP contribution in [0.2, 0.25) is 0 Å². The van der Waals surface area contributed by atoms with E-state index in [1.54, 1.807) is 6.07 Å². The van der Waals surface area contributed by atoms with Crippen LogP contribution in [-0.4, -0.2) is 49.3 Å². The minimum Gasteiger partial charge on any atom is -0.490 e. The molecule has 21 heavy (non-hydrogen) atoms. The molecule has 3 rings (SSSR count). The van der Waals surface area contributed by atoms with Gasteiger partial charge in [0.2, 0.25) is 0 Å². The van der Waals surface area contributed by atoms with Gasteiger partial charge in [-0.3, -0.25) is 15.0 Å². The van der Waals surface area contributed by atoms with Crippen molar-refractivity contribution in [3.8, 4) is 5.75 Å². The first-order valence-corrected chi connectivity index (χ1v) is 7.35. The molecule has 0 bridgehead atoms. The second-order valence-corrected chi connectivity index (χ2v) is 5.59. The van der Waals surface area contributed by atoms with Crippen LogP contribution in [0.3, 0.4) is 0 Å². The summed E-state index contributed by atoms with van der Waals surface area (Å²) >= 11 is 0. The topological polar surface area (TPSA) is 64.8 Å². The van der Waals surface area contributed by atoms with Gasteiger partial charge in [-0.2, -0.15) is 0 Å². The Morgan fingerprint density at radius 3 is 2.76 bits per heavy atom. The number of nitro groups is 1. The summed E-state index contributed by atoms with van der Waals surface area (Å²) < 4.78 is 10.6. The van der Waals surface area contributed by atoms with Crippen molar-refractivity contribution in [3.63, 3.8) is 0 Å². The number of rotatable bonds is 3. The van der Waals surface area contributed by atoms with Gasteiger partial charge in [0.25, 0.3) is 0 Å². The third kappa shape index (κ3) is 2.87. The molecule has 2 aliphatic rings. The highest BCUT2D eigenvalue weighted by Crippen LogP contribution is 2.35. The molecular weight excluding hydrogens is 272 g/mol. The quantitative estimate of drug-likeness (QED) is 0.628. The molecule has 1 atom stereocenters. The molecule has 1 unspecified atom stereocenters. The van der Waals surface area contributed by atoms with Crippen molar-refractivity contribution < 1.29 is 14.4 Å². The minimum atomic E-state index is -0.368. The van der Waals surface area contributed by atoms with Gasteiger partial charge in [-0.15, -0.1) is 0 Å². The lowest BCUT2D eigenvalue weighted by Crippen LogP contribution is -2.45. The Balaban J connectivity index is 1.83. The number of methoxy groups -OCH3 is 1. The highest BCUT2D eigenvalue weighted by Gasteiger charge is 2.28. The number of morpholine rings is 1. The first-order valence-electron chi connectivity index (χ1n) is 7.35. The Morgan fingerprint density at radius 2 is 2.10 bits per heavy atom. The summed E-state index contributed by atoms with van der Waals surface area (Å²) in [5, 5.41) is 11.1. The van der Waals surface area contributed by atoms with Crippen molar-refractivity contribution in [2.75, 3.05) is 33.4 Å². The van der Waals surface area contributed by atoms with Crippen molar-refractivity contribution in [1.82, 2.24) is 4.90 Å². The van der Waals surface area contributed by atoms with E-state index < -0.39 is 0 Å². The van der Waals surface area contributed by atoms with Crippen LogP contribution >= 0.6 is 0 Å². The summed E-state index contributed by atoms with van der Waals surface area (Å²) in [5.74, 6) is 0.362. The van der Waals surface area contributed by atoms with E-state index in [1.165, 1.54) is 12.7 Å². The Morgan fingerprint density at radius 1 is 1.33 bits per heavy atom. The zero-order chi connectivity index (χ0) is 14.8. The molecule has 1 fully saturated rings. The van der Waals surface area contributed by atoms with E-state index in [4.69, 9.17) is 9.47 Å². The van der Waals surface area contributed by atoms with Crippen molar-refractivity contribution in [2.24, 2.45) is 0 Å². The standard InChI is InChI=1S/C15H20N2O4/c1-20-15-10-12-8-13(16-4-6-21-7-5-16)3-2-11(12)9-14(15)17(18)19/h9-10,13H,2-8H2,1H3. The first-order chi connectivity index (χ1) is 10.2. The van der Waals surface area contributed by atoms with Gasteiger partial charge in [-0.05, 0) is 36.5 Å². The number of ether oxygens (including phenoxy) is 2. The molecule has 0 radical (unpaired) electrons. The molecule has 6 nitrogen and oxygen atoms in total. The van der Waals surface area contributed by atoms with E-state index in [0.29, 0.717) is 11.8 Å². The van der Waals surface area contributed by atoms with Gasteiger partial charge >= 0.3 is 5.69 Å². The van der Waals surface area contributed by atoms with E-state index >= 15 is 0 Å². The van der Waals surface area contributed by atoms with Crippen LogP contribution in [0.5, 0.6) is 5.75 Å². The Hall–Kier alpha value is -1.66. The van der Waals surface area contributed by atoms with Crippen molar-refractivity contribution in [1.29, 1.82) is 0 Å². The van der Waals surface area contributed by atoms with E-state index in [2.05, 4.69) is 4.90 Å². The van der Waals surface area contributed by atoms with Gasteiger partial charge < -0.3 is 9.47 Å². The largest absolute Gasteiger partial charge is 0.490 e. The Kier molecular flexibility index (Phi) is 4.07. The molecule has 1 saturated heterocycles. The van der Waals surface area contributed by atoms with Crippen LogP contribution in [0.1, 0.15) is 17.5 Å². The van der Waals surface area contributed by atoms with Gasteiger partial charge in [0.1, 0.15) is 0 Å². The van der Waals surface area contributed by atoms with Gasteiger partial charge in [-0.1, -0.05) is 0 Å². The van der Waals surface area contributed by atoms with E-state index in [1.807, 2.05) is 6.07 Å². The number of nitro benzene ring substituents is 1. The van der Waals surface area contributed by atoms with Gasteiger partial charge in [0.05, 0.1) is 25.2 Å². The second kappa shape index (κ2) is 5.99. The molecule has 0 aromatic heterocycles. The molecule has 1 aromatic rings. The fourth-order valence-electron chi connectivity index (χ4n) is 3.31. The van der Waals surface area contributed by atoms with Crippen molar-refractivity contribution >= 4 is 5.69 Å². The number of nitrogens with zero attached hydrogens (tertiary/aromatic N) is 2. The lowest BCUT2D eigenvalue weighted by Gasteiger charge is -2.37. The summed E-state index contributed by atoms with van der Waals surface area (Å²) in [6, 6.07) is 4.04. The van der Waals surface area contributed by atoms with Gasteiger partial charge in [0.15, 0.2) is 5.75 Å². The van der Waals surface area contributed by atoms with Gasteiger partial charge in [0, 0.05) is 25.2 Å². The molecule has 1 heterocycles. The molecule has 114 valence electrons. The molecular formula is C15H20N2O4. The second-order valence-electron chi connectivity index (χ2n) is 5.59. The zero-order valence-electron chi connectivity index (χ0n) is 12.2. The molecule has 0 saturated carbocycles. The van der Waals surface area contributed by atoms with Crippen LogP contribution < -0.4 is 4.74 Å². The van der Waals surface area contributed by atoms with Crippen LogP contribution in [0.4, 0.5) is 5.69 Å². The van der Waals surface area contributed by atoms with Gasteiger partial charge in [-0.25, -0.2) is 0 Å². The minimum absolute atomic E-state index is 0.0704.